The number of esters is 1. The summed E-state index contributed by atoms with van der Waals surface area (Å²) < 4.78 is 12.6. The van der Waals surface area contributed by atoms with Crippen molar-refractivity contribution in [2.75, 3.05) is 26.2 Å². The summed E-state index contributed by atoms with van der Waals surface area (Å²) in [6, 6.07) is 11.7. The molecule has 3 rings (SSSR count). The van der Waals surface area contributed by atoms with Crippen molar-refractivity contribution in [1.29, 1.82) is 0 Å². The van der Waals surface area contributed by atoms with Gasteiger partial charge in [-0.05, 0) is 31.9 Å². The van der Waals surface area contributed by atoms with E-state index in [1.54, 1.807) is 17.9 Å². The Hall–Kier alpha value is -2.51. The van der Waals surface area contributed by atoms with Crippen LogP contribution in [0.1, 0.15) is 35.0 Å². The Morgan fingerprint density at radius 1 is 1.17 bits per heavy atom. The van der Waals surface area contributed by atoms with Gasteiger partial charge in [-0.25, -0.2) is 9.59 Å². The largest absolute Gasteiger partial charge is 0.462 e. The number of hydrogen-bond acceptors (Lipinski definition) is 5. The second-order valence-corrected chi connectivity index (χ2v) is 7.15. The fraction of sp³-hybridized carbons (Fsp3) is 0.455. The number of carbonyl (C=O) groups is 2. The lowest BCUT2D eigenvalue weighted by Crippen LogP contribution is -2.52. The first-order valence-electron chi connectivity index (χ1n) is 10.1. The van der Waals surface area contributed by atoms with Crippen LogP contribution in [0.15, 0.2) is 42.6 Å². The number of aryl methyl sites for hydroxylation is 1. The maximum atomic E-state index is 12.4. The summed E-state index contributed by atoms with van der Waals surface area (Å²) in [5.74, 6) is -0.285. The van der Waals surface area contributed by atoms with Crippen LogP contribution in [-0.4, -0.2) is 53.8 Å². The highest BCUT2D eigenvalue weighted by Gasteiger charge is 2.24. The van der Waals surface area contributed by atoms with Gasteiger partial charge in [0.25, 0.3) is 0 Å². The Morgan fingerprint density at radius 3 is 2.67 bits per heavy atom. The molecule has 0 aliphatic carbocycles. The molecule has 0 radical (unpaired) electrons. The third-order valence-electron chi connectivity index (χ3n) is 5.17. The minimum atomic E-state index is -0.285. The predicted octanol–water partition coefficient (Wildman–Crippen LogP) is 3.40. The first-order chi connectivity index (χ1) is 14.1. The number of amides is 1. The Kier molecular flexibility index (Phi) is 9.20. The van der Waals surface area contributed by atoms with Crippen LogP contribution < -0.4 is 5.32 Å². The molecule has 1 aliphatic heterocycles. The van der Waals surface area contributed by atoms with E-state index in [1.807, 2.05) is 43.5 Å². The van der Waals surface area contributed by atoms with Gasteiger partial charge in [-0.15, -0.1) is 12.4 Å². The maximum absolute atomic E-state index is 12.4. The molecule has 1 saturated heterocycles. The van der Waals surface area contributed by atoms with Crippen LogP contribution in [-0.2, 0) is 22.6 Å². The predicted molar refractivity (Wildman–Crippen MR) is 117 cm³/mol. The summed E-state index contributed by atoms with van der Waals surface area (Å²) in [4.78, 5) is 26.1. The molecule has 2 aromatic rings. The van der Waals surface area contributed by atoms with E-state index < -0.39 is 0 Å². The van der Waals surface area contributed by atoms with Crippen molar-refractivity contribution in [1.82, 2.24) is 14.8 Å². The van der Waals surface area contributed by atoms with Gasteiger partial charge in [-0.2, -0.15) is 0 Å². The van der Waals surface area contributed by atoms with Gasteiger partial charge >= 0.3 is 12.1 Å². The molecule has 0 unspecified atom stereocenters. The van der Waals surface area contributed by atoms with E-state index in [4.69, 9.17) is 9.47 Å². The molecule has 1 atom stereocenters. The molecule has 0 bridgehead atoms. The molecular formula is C22H30ClN3O4. The lowest BCUT2D eigenvalue weighted by atomic mass is 10.1. The second-order valence-electron chi connectivity index (χ2n) is 7.15. The third kappa shape index (κ3) is 6.24. The second kappa shape index (κ2) is 11.6. The summed E-state index contributed by atoms with van der Waals surface area (Å²) >= 11 is 0. The SMILES string of the molecule is CCOC(=O)c1ccn(CC[C@@H]2CN(C(=O)OCc3ccccc3)CCN2)c1C.Cl. The van der Waals surface area contributed by atoms with Gasteiger partial charge in [0, 0.05) is 44.1 Å². The van der Waals surface area contributed by atoms with E-state index in [1.165, 1.54) is 0 Å². The van der Waals surface area contributed by atoms with Crippen molar-refractivity contribution < 1.29 is 19.1 Å². The molecule has 2 heterocycles. The number of carbonyl (C=O) groups excluding carboxylic acids is 2. The monoisotopic (exact) mass is 435 g/mol. The topological polar surface area (TPSA) is 72.8 Å². The minimum absolute atomic E-state index is 0. The molecule has 1 aliphatic rings. The minimum Gasteiger partial charge on any atom is -0.462 e. The fourth-order valence-electron chi connectivity index (χ4n) is 3.51. The average molecular weight is 436 g/mol. The number of hydrogen-bond donors (Lipinski definition) is 1. The van der Waals surface area contributed by atoms with Gasteiger partial charge in [0.15, 0.2) is 0 Å². The Labute approximate surface area is 183 Å². The number of aromatic nitrogens is 1. The molecule has 1 aromatic heterocycles. The van der Waals surface area contributed by atoms with Gasteiger partial charge in [0.2, 0.25) is 0 Å². The summed E-state index contributed by atoms with van der Waals surface area (Å²) in [5, 5.41) is 3.46. The van der Waals surface area contributed by atoms with Crippen molar-refractivity contribution in [2.45, 2.75) is 39.5 Å². The lowest BCUT2D eigenvalue weighted by Gasteiger charge is -2.33. The van der Waals surface area contributed by atoms with Gasteiger partial charge in [0.1, 0.15) is 6.61 Å². The summed E-state index contributed by atoms with van der Waals surface area (Å²) in [6.07, 6.45) is 2.48. The molecule has 1 aromatic carbocycles. The molecule has 1 amide bonds. The van der Waals surface area contributed by atoms with Gasteiger partial charge in [-0.3, -0.25) is 0 Å². The van der Waals surface area contributed by atoms with E-state index in [9.17, 15) is 9.59 Å². The van der Waals surface area contributed by atoms with Crippen LogP contribution in [0.5, 0.6) is 0 Å². The van der Waals surface area contributed by atoms with E-state index in [-0.39, 0.29) is 37.1 Å². The highest BCUT2D eigenvalue weighted by atomic mass is 35.5. The Morgan fingerprint density at radius 2 is 1.93 bits per heavy atom. The summed E-state index contributed by atoms with van der Waals surface area (Å²) in [6.45, 7) is 7.13. The molecule has 1 N–H and O–H groups in total. The van der Waals surface area contributed by atoms with Crippen molar-refractivity contribution in [2.24, 2.45) is 0 Å². The Balaban J connectivity index is 0.00000320. The Bertz CT molecular complexity index is 825. The third-order valence-corrected chi connectivity index (χ3v) is 5.17. The van der Waals surface area contributed by atoms with E-state index >= 15 is 0 Å². The highest BCUT2D eigenvalue weighted by Crippen LogP contribution is 2.14. The molecule has 30 heavy (non-hydrogen) atoms. The van der Waals surface area contributed by atoms with Gasteiger partial charge in [-0.1, -0.05) is 30.3 Å². The summed E-state index contributed by atoms with van der Waals surface area (Å²) in [5.41, 5.74) is 2.49. The average Bonchev–Trinajstić information content (AvgIpc) is 3.12. The zero-order valence-corrected chi connectivity index (χ0v) is 18.3. The molecule has 164 valence electrons. The van der Waals surface area contributed by atoms with E-state index in [0.717, 1.165) is 30.8 Å². The van der Waals surface area contributed by atoms with Gasteiger partial charge in [0.05, 0.1) is 12.2 Å². The van der Waals surface area contributed by atoms with Crippen LogP contribution in [0.3, 0.4) is 0 Å². The van der Waals surface area contributed by atoms with Crippen LogP contribution in [0, 0.1) is 6.92 Å². The standard InChI is InChI=1S/C22H29N3O4.ClH/c1-3-28-21(26)20-10-13-24(17(20)2)12-9-19-15-25(14-11-23-19)22(27)29-16-18-7-5-4-6-8-18;/h4-8,10,13,19,23H,3,9,11-12,14-16H2,1-2H3;1H/t19-;/m1./s1. The number of ether oxygens (including phenoxy) is 2. The molecular weight excluding hydrogens is 406 g/mol. The molecule has 0 spiro atoms. The van der Waals surface area contributed by atoms with Crippen molar-refractivity contribution in [3.8, 4) is 0 Å². The fourth-order valence-corrected chi connectivity index (χ4v) is 3.51. The number of rotatable bonds is 7. The smallest absolute Gasteiger partial charge is 0.410 e. The number of piperazine rings is 1. The van der Waals surface area contributed by atoms with Crippen LogP contribution >= 0.6 is 12.4 Å². The lowest BCUT2D eigenvalue weighted by molar-refractivity contribution is 0.0525. The quantitative estimate of drug-likeness (QED) is 0.675. The van der Waals surface area contributed by atoms with Gasteiger partial charge < -0.3 is 24.3 Å². The molecule has 8 heteroatoms. The zero-order chi connectivity index (χ0) is 20.6. The molecule has 0 saturated carbocycles. The number of benzene rings is 1. The molecule has 7 nitrogen and oxygen atoms in total. The number of halogens is 1. The maximum Gasteiger partial charge on any atom is 0.410 e. The van der Waals surface area contributed by atoms with Crippen molar-refractivity contribution >= 4 is 24.5 Å². The first-order valence-corrected chi connectivity index (χ1v) is 10.1. The van der Waals surface area contributed by atoms with Crippen molar-refractivity contribution in [3.63, 3.8) is 0 Å². The van der Waals surface area contributed by atoms with Crippen LogP contribution in [0.25, 0.3) is 0 Å². The highest BCUT2D eigenvalue weighted by molar-refractivity contribution is 5.90. The zero-order valence-electron chi connectivity index (χ0n) is 17.5. The normalized spacial score (nSPS) is 15.9. The van der Waals surface area contributed by atoms with Crippen LogP contribution in [0.4, 0.5) is 4.79 Å². The van der Waals surface area contributed by atoms with E-state index in [0.29, 0.717) is 25.3 Å². The van der Waals surface area contributed by atoms with Crippen LogP contribution in [0.2, 0.25) is 0 Å². The van der Waals surface area contributed by atoms with E-state index in [2.05, 4.69) is 9.88 Å². The number of nitrogens with zero attached hydrogens (tertiary/aromatic N) is 2. The number of nitrogens with one attached hydrogen (secondary N) is 1. The van der Waals surface area contributed by atoms with Crippen molar-refractivity contribution in [3.05, 3.63) is 59.4 Å². The first kappa shape index (κ1) is 23.8. The molecule has 1 fully saturated rings. The summed E-state index contributed by atoms with van der Waals surface area (Å²) in [7, 11) is 0.